The molecule has 0 saturated heterocycles. The van der Waals surface area contributed by atoms with Crippen LogP contribution in [0.2, 0.25) is 0 Å². The van der Waals surface area contributed by atoms with E-state index in [1.807, 2.05) is 19.2 Å². The Kier molecular flexibility index (Phi) is 4.65. The molecule has 7 heteroatoms. The van der Waals surface area contributed by atoms with Crippen molar-refractivity contribution >= 4 is 11.6 Å². The number of aromatic nitrogens is 2. The molecule has 0 aliphatic carbocycles. The molecule has 0 aliphatic rings. The minimum Gasteiger partial charge on any atom is -0.352 e. The van der Waals surface area contributed by atoms with Gasteiger partial charge in [0.2, 0.25) is 0 Å². The number of nitrogens with zero attached hydrogens (tertiary/aromatic N) is 3. The fraction of sp³-hybridized carbons (Fsp3) is 0.286. The second-order valence-electron chi connectivity index (χ2n) is 4.60. The molecule has 1 N–H and O–H groups in total. The molecule has 0 atom stereocenters. The number of nitro benzene ring substituents is 1. The third-order valence-electron chi connectivity index (χ3n) is 2.97. The normalized spacial score (nSPS) is 10.3. The second kappa shape index (κ2) is 6.65. The minimum absolute atomic E-state index is 0.0810. The number of amides is 1. The first-order valence-corrected chi connectivity index (χ1v) is 6.59. The van der Waals surface area contributed by atoms with Crippen LogP contribution in [-0.4, -0.2) is 27.2 Å². The maximum absolute atomic E-state index is 11.9. The van der Waals surface area contributed by atoms with Crippen LogP contribution in [0.15, 0.2) is 36.5 Å². The minimum atomic E-state index is -0.554. The SMILES string of the molecule is Cc1ccn(CCCNC(=O)c2ccccc2[N+](=O)[O-])n1. The summed E-state index contributed by atoms with van der Waals surface area (Å²) < 4.78 is 1.80. The van der Waals surface area contributed by atoms with Gasteiger partial charge in [-0.15, -0.1) is 0 Å². The molecule has 0 bridgehead atoms. The van der Waals surface area contributed by atoms with Crippen LogP contribution in [0.3, 0.4) is 0 Å². The summed E-state index contributed by atoms with van der Waals surface area (Å²) in [4.78, 5) is 22.3. The fourth-order valence-electron chi connectivity index (χ4n) is 1.95. The Balaban J connectivity index is 1.86. The van der Waals surface area contributed by atoms with E-state index in [2.05, 4.69) is 10.4 Å². The van der Waals surface area contributed by atoms with Crippen molar-refractivity contribution < 1.29 is 9.72 Å². The summed E-state index contributed by atoms with van der Waals surface area (Å²) >= 11 is 0. The molecule has 0 fully saturated rings. The summed E-state index contributed by atoms with van der Waals surface area (Å²) in [5.41, 5.74) is 0.842. The smallest absolute Gasteiger partial charge is 0.282 e. The maximum atomic E-state index is 11.9. The molecule has 0 saturated carbocycles. The number of aryl methyl sites for hydroxylation is 2. The first-order chi connectivity index (χ1) is 10.1. The number of benzene rings is 1. The predicted molar refractivity (Wildman–Crippen MR) is 77.0 cm³/mol. The van der Waals surface area contributed by atoms with Crippen LogP contribution in [0.25, 0.3) is 0 Å². The highest BCUT2D eigenvalue weighted by atomic mass is 16.6. The average molecular weight is 288 g/mol. The van der Waals surface area contributed by atoms with E-state index in [0.29, 0.717) is 19.5 Å². The molecule has 0 unspecified atom stereocenters. The number of hydrogen-bond donors (Lipinski definition) is 1. The molecule has 21 heavy (non-hydrogen) atoms. The van der Waals surface area contributed by atoms with Crippen LogP contribution in [0.4, 0.5) is 5.69 Å². The third kappa shape index (κ3) is 3.88. The van der Waals surface area contributed by atoms with Gasteiger partial charge in [0, 0.05) is 25.4 Å². The van der Waals surface area contributed by atoms with Gasteiger partial charge in [0.15, 0.2) is 0 Å². The quantitative estimate of drug-likeness (QED) is 0.499. The lowest BCUT2D eigenvalue weighted by Gasteiger charge is -2.06. The van der Waals surface area contributed by atoms with Gasteiger partial charge in [-0.05, 0) is 25.5 Å². The lowest BCUT2D eigenvalue weighted by molar-refractivity contribution is -0.385. The number of rotatable bonds is 6. The van der Waals surface area contributed by atoms with Gasteiger partial charge in [-0.3, -0.25) is 19.6 Å². The van der Waals surface area contributed by atoms with Crippen molar-refractivity contribution in [2.45, 2.75) is 19.9 Å². The van der Waals surface area contributed by atoms with E-state index >= 15 is 0 Å². The Morgan fingerprint density at radius 2 is 2.14 bits per heavy atom. The van der Waals surface area contributed by atoms with Gasteiger partial charge >= 0.3 is 0 Å². The summed E-state index contributed by atoms with van der Waals surface area (Å²) in [6.07, 6.45) is 2.58. The van der Waals surface area contributed by atoms with Crippen molar-refractivity contribution in [2.75, 3.05) is 6.54 Å². The van der Waals surface area contributed by atoms with Gasteiger partial charge in [0.1, 0.15) is 5.56 Å². The van der Waals surface area contributed by atoms with Gasteiger partial charge in [-0.25, -0.2) is 0 Å². The van der Waals surface area contributed by atoms with Crippen molar-refractivity contribution in [1.82, 2.24) is 15.1 Å². The molecule has 2 aromatic rings. The molecule has 2 rings (SSSR count). The third-order valence-corrected chi connectivity index (χ3v) is 2.97. The number of carbonyl (C=O) groups excluding carboxylic acids is 1. The molecule has 0 aliphatic heterocycles. The zero-order valence-electron chi connectivity index (χ0n) is 11.7. The van der Waals surface area contributed by atoms with E-state index in [1.165, 1.54) is 18.2 Å². The Bertz CT molecular complexity index is 651. The molecular weight excluding hydrogens is 272 g/mol. The number of nitro groups is 1. The van der Waals surface area contributed by atoms with E-state index in [-0.39, 0.29) is 11.3 Å². The van der Waals surface area contributed by atoms with Crippen LogP contribution in [0.5, 0.6) is 0 Å². The zero-order chi connectivity index (χ0) is 15.2. The topological polar surface area (TPSA) is 90.1 Å². The van der Waals surface area contributed by atoms with Crippen LogP contribution < -0.4 is 5.32 Å². The van der Waals surface area contributed by atoms with E-state index in [4.69, 9.17) is 0 Å². The van der Waals surface area contributed by atoms with E-state index in [1.54, 1.807) is 10.7 Å². The molecule has 0 spiro atoms. The summed E-state index contributed by atoms with van der Waals surface area (Å²) in [6.45, 7) is 3.03. The van der Waals surface area contributed by atoms with Gasteiger partial charge in [0.05, 0.1) is 10.6 Å². The number of carbonyl (C=O) groups is 1. The van der Waals surface area contributed by atoms with E-state index in [0.717, 1.165) is 5.69 Å². The first kappa shape index (κ1) is 14.7. The monoisotopic (exact) mass is 288 g/mol. The Morgan fingerprint density at radius 1 is 1.38 bits per heavy atom. The molecular formula is C14H16N4O3. The molecule has 1 aromatic carbocycles. The van der Waals surface area contributed by atoms with Crippen molar-refractivity contribution in [3.8, 4) is 0 Å². The van der Waals surface area contributed by atoms with Gasteiger partial charge < -0.3 is 5.32 Å². The summed E-state index contributed by atoms with van der Waals surface area (Å²) in [5.74, 6) is -0.432. The van der Waals surface area contributed by atoms with Crippen molar-refractivity contribution in [3.05, 3.63) is 57.9 Å². The molecule has 7 nitrogen and oxygen atoms in total. The lowest BCUT2D eigenvalue weighted by atomic mass is 10.1. The van der Waals surface area contributed by atoms with Crippen molar-refractivity contribution in [3.63, 3.8) is 0 Å². The van der Waals surface area contributed by atoms with Crippen molar-refractivity contribution in [2.24, 2.45) is 0 Å². The van der Waals surface area contributed by atoms with E-state index < -0.39 is 10.8 Å². The predicted octanol–water partition coefficient (Wildman–Crippen LogP) is 1.92. The van der Waals surface area contributed by atoms with Crippen LogP contribution in [-0.2, 0) is 6.54 Å². The molecule has 1 heterocycles. The van der Waals surface area contributed by atoms with Crippen LogP contribution in [0, 0.1) is 17.0 Å². The number of para-hydroxylation sites is 1. The number of nitrogens with one attached hydrogen (secondary N) is 1. The van der Waals surface area contributed by atoms with Crippen LogP contribution in [0.1, 0.15) is 22.5 Å². The standard InChI is InChI=1S/C14H16N4O3/c1-11-7-10-17(16-11)9-4-8-15-14(19)12-5-2-3-6-13(12)18(20)21/h2-3,5-7,10H,4,8-9H2,1H3,(H,15,19). The van der Waals surface area contributed by atoms with E-state index in [9.17, 15) is 14.9 Å². The summed E-state index contributed by atoms with van der Waals surface area (Å²) in [5, 5.41) is 17.8. The Morgan fingerprint density at radius 3 is 2.81 bits per heavy atom. The molecule has 1 aromatic heterocycles. The molecule has 0 radical (unpaired) electrons. The highest BCUT2D eigenvalue weighted by Gasteiger charge is 2.18. The fourth-order valence-corrected chi connectivity index (χ4v) is 1.95. The second-order valence-corrected chi connectivity index (χ2v) is 4.60. The Hall–Kier alpha value is -2.70. The van der Waals surface area contributed by atoms with Gasteiger partial charge in [0.25, 0.3) is 11.6 Å². The largest absolute Gasteiger partial charge is 0.352 e. The zero-order valence-corrected chi connectivity index (χ0v) is 11.7. The highest BCUT2D eigenvalue weighted by molar-refractivity contribution is 5.98. The molecule has 110 valence electrons. The summed E-state index contributed by atoms with van der Waals surface area (Å²) in [7, 11) is 0. The van der Waals surface area contributed by atoms with Crippen molar-refractivity contribution in [1.29, 1.82) is 0 Å². The van der Waals surface area contributed by atoms with Gasteiger partial charge in [-0.1, -0.05) is 12.1 Å². The number of hydrogen-bond acceptors (Lipinski definition) is 4. The molecule has 1 amide bonds. The summed E-state index contributed by atoms with van der Waals surface area (Å²) in [6, 6.07) is 7.82. The first-order valence-electron chi connectivity index (χ1n) is 6.59. The maximum Gasteiger partial charge on any atom is 0.282 e. The lowest BCUT2D eigenvalue weighted by Crippen LogP contribution is -2.26. The Labute approximate surface area is 121 Å². The highest BCUT2D eigenvalue weighted by Crippen LogP contribution is 2.17. The van der Waals surface area contributed by atoms with Gasteiger partial charge in [-0.2, -0.15) is 5.10 Å². The van der Waals surface area contributed by atoms with Crippen LogP contribution >= 0.6 is 0 Å². The average Bonchev–Trinajstić information content (AvgIpc) is 2.89.